The molecule has 88 valence electrons. The highest BCUT2D eigenvalue weighted by atomic mass is 16.5. The standard InChI is InChI=1S/C12H23NO2/c1-3-13(9-12(14)10-15-2)11-7-5-4-6-8-11/h11H,3-10H2,1-2H3. The maximum Gasteiger partial charge on any atom is 0.172 e. The fourth-order valence-electron chi connectivity index (χ4n) is 2.38. The van der Waals surface area contributed by atoms with E-state index in [4.69, 9.17) is 4.74 Å². The van der Waals surface area contributed by atoms with Crippen molar-refractivity contribution in [3.05, 3.63) is 0 Å². The maximum absolute atomic E-state index is 11.5. The van der Waals surface area contributed by atoms with Crippen LogP contribution in [-0.4, -0.2) is 43.5 Å². The molecule has 1 aliphatic carbocycles. The van der Waals surface area contributed by atoms with Gasteiger partial charge in [0.1, 0.15) is 6.61 Å². The number of carbonyl (C=O) groups excluding carboxylic acids is 1. The molecule has 0 unspecified atom stereocenters. The van der Waals surface area contributed by atoms with Gasteiger partial charge in [-0.15, -0.1) is 0 Å². The minimum atomic E-state index is 0.199. The Morgan fingerprint density at radius 1 is 1.33 bits per heavy atom. The van der Waals surface area contributed by atoms with E-state index in [1.807, 2.05) is 0 Å². The van der Waals surface area contributed by atoms with Gasteiger partial charge in [-0.25, -0.2) is 0 Å². The molecule has 1 rings (SSSR count). The molecule has 0 atom stereocenters. The zero-order chi connectivity index (χ0) is 11.1. The van der Waals surface area contributed by atoms with E-state index in [2.05, 4.69) is 11.8 Å². The summed E-state index contributed by atoms with van der Waals surface area (Å²) >= 11 is 0. The second-order valence-electron chi connectivity index (χ2n) is 4.33. The number of likely N-dealkylation sites (N-methyl/N-ethyl adjacent to an activating group) is 1. The highest BCUT2D eigenvalue weighted by Crippen LogP contribution is 2.22. The Hall–Kier alpha value is -0.410. The first-order valence-corrected chi connectivity index (χ1v) is 6.02. The van der Waals surface area contributed by atoms with Gasteiger partial charge in [-0.05, 0) is 19.4 Å². The summed E-state index contributed by atoms with van der Waals surface area (Å²) < 4.78 is 4.86. The largest absolute Gasteiger partial charge is 0.377 e. The van der Waals surface area contributed by atoms with Crippen LogP contribution in [0.5, 0.6) is 0 Å². The zero-order valence-electron chi connectivity index (χ0n) is 10.00. The zero-order valence-corrected chi connectivity index (χ0v) is 10.00. The van der Waals surface area contributed by atoms with Crippen LogP contribution in [0.1, 0.15) is 39.0 Å². The lowest BCUT2D eigenvalue weighted by Crippen LogP contribution is -2.40. The van der Waals surface area contributed by atoms with E-state index in [9.17, 15) is 4.79 Å². The van der Waals surface area contributed by atoms with Gasteiger partial charge in [0.25, 0.3) is 0 Å². The number of hydrogen-bond acceptors (Lipinski definition) is 3. The van der Waals surface area contributed by atoms with Crippen molar-refractivity contribution in [3.63, 3.8) is 0 Å². The molecule has 0 spiro atoms. The molecule has 0 aliphatic heterocycles. The highest BCUT2D eigenvalue weighted by molar-refractivity contribution is 5.81. The number of ether oxygens (including phenoxy) is 1. The second kappa shape index (κ2) is 6.96. The lowest BCUT2D eigenvalue weighted by atomic mass is 9.94. The molecule has 0 aromatic heterocycles. The third kappa shape index (κ3) is 4.31. The highest BCUT2D eigenvalue weighted by Gasteiger charge is 2.21. The second-order valence-corrected chi connectivity index (χ2v) is 4.33. The van der Waals surface area contributed by atoms with Crippen molar-refractivity contribution in [1.29, 1.82) is 0 Å². The molecule has 3 nitrogen and oxygen atoms in total. The van der Waals surface area contributed by atoms with Gasteiger partial charge in [0, 0.05) is 13.2 Å². The van der Waals surface area contributed by atoms with Crippen molar-refractivity contribution in [2.75, 3.05) is 26.8 Å². The topological polar surface area (TPSA) is 29.5 Å². The van der Waals surface area contributed by atoms with Crippen LogP contribution in [0, 0.1) is 0 Å². The lowest BCUT2D eigenvalue weighted by Gasteiger charge is -2.32. The van der Waals surface area contributed by atoms with E-state index in [0.717, 1.165) is 6.54 Å². The summed E-state index contributed by atoms with van der Waals surface area (Å²) in [6.07, 6.45) is 6.52. The van der Waals surface area contributed by atoms with E-state index in [1.165, 1.54) is 32.1 Å². The molecule has 1 aliphatic rings. The normalized spacial score (nSPS) is 18.3. The van der Waals surface area contributed by atoms with Crippen molar-refractivity contribution < 1.29 is 9.53 Å². The summed E-state index contributed by atoms with van der Waals surface area (Å²) in [7, 11) is 1.58. The number of methoxy groups -OCH3 is 1. The first kappa shape index (κ1) is 12.7. The van der Waals surface area contributed by atoms with E-state index in [0.29, 0.717) is 12.6 Å². The van der Waals surface area contributed by atoms with Crippen molar-refractivity contribution in [2.45, 2.75) is 45.1 Å². The molecule has 0 aromatic rings. The van der Waals surface area contributed by atoms with E-state index < -0.39 is 0 Å². The number of hydrogen-bond donors (Lipinski definition) is 0. The molecular weight excluding hydrogens is 190 g/mol. The van der Waals surface area contributed by atoms with Gasteiger partial charge < -0.3 is 4.74 Å². The molecule has 0 heterocycles. The molecule has 0 saturated heterocycles. The van der Waals surface area contributed by atoms with Crippen molar-refractivity contribution >= 4 is 5.78 Å². The number of ketones is 1. The van der Waals surface area contributed by atoms with Crippen molar-refractivity contribution in [3.8, 4) is 0 Å². The Morgan fingerprint density at radius 2 is 2.00 bits per heavy atom. The number of rotatable bonds is 6. The summed E-state index contributed by atoms with van der Waals surface area (Å²) in [5.74, 6) is 0.199. The van der Waals surface area contributed by atoms with Gasteiger partial charge in [-0.3, -0.25) is 9.69 Å². The van der Waals surface area contributed by atoms with Gasteiger partial charge >= 0.3 is 0 Å². The summed E-state index contributed by atoms with van der Waals surface area (Å²) in [4.78, 5) is 13.8. The van der Waals surface area contributed by atoms with Crippen LogP contribution >= 0.6 is 0 Å². The fraction of sp³-hybridized carbons (Fsp3) is 0.917. The van der Waals surface area contributed by atoms with Crippen LogP contribution in [0.25, 0.3) is 0 Å². The van der Waals surface area contributed by atoms with E-state index in [1.54, 1.807) is 7.11 Å². The smallest absolute Gasteiger partial charge is 0.172 e. The van der Waals surface area contributed by atoms with Crippen LogP contribution in [0.2, 0.25) is 0 Å². The van der Waals surface area contributed by atoms with Crippen molar-refractivity contribution in [1.82, 2.24) is 4.90 Å². The van der Waals surface area contributed by atoms with E-state index in [-0.39, 0.29) is 12.4 Å². The molecule has 1 fully saturated rings. The molecule has 3 heteroatoms. The summed E-state index contributed by atoms with van der Waals surface area (Å²) in [5.41, 5.74) is 0. The average molecular weight is 213 g/mol. The average Bonchev–Trinajstić information content (AvgIpc) is 2.27. The molecule has 0 radical (unpaired) electrons. The van der Waals surface area contributed by atoms with Gasteiger partial charge in [-0.2, -0.15) is 0 Å². The molecule has 1 saturated carbocycles. The Bertz CT molecular complexity index is 188. The molecule has 0 aromatic carbocycles. The van der Waals surface area contributed by atoms with Crippen molar-refractivity contribution in [2.24, 2.45) is 0 Å². The third-order valence-corrected chi connectivity index (χ3v) is 3.18. The minimum absolute atomic E-state index is 0.199. The quantitative estimate of drug-likeness (QED) is 0.674. The maximum atomic E-state index is 11.5. The van der Waals surface area contributed by atoms with Gasteiger partial charge in [0.05, 0.1) is 6.54 Å². The molecular formula is C12H23NO2. The van der Waals surface area contributed by atoms with E-state index >= 15 is 0 Å². The van der Waals surface area contributed by atoms with Crippen LogP contribution in [-0.2, 0) is 9.53 Å². The Kier molecular flexibility index (Phi) is 5.88. The number of carbonyl (C=O) groups is 1. The van der Waals surface area contributed by atoms with Gasteiger partial charge in [-0.1, -0.05) is 26.2 Å². The summed E-state index contributed by atoms with van der Waals surface area (Å²) in [6.45, 7) is 3.92. The number of nitrogens with zero attached hydrogens (tertiary/aromatic N) is 1. The molecule has 0 amide bonds. The monoisotopic (exact) mass is 213 g/mol. The van der Waals surface area contributed by atoms with Crippen LogP contribution in [0.15, 0.2) is 0 Å². The van der Waals surface area contributed by atoms with Gasteiger partial charge in [0.2, 0.25) is 0 Å². The third-order valence-electron chi connectivity index (χ3n) is 3.18. The predicted molar refractivity (Wildman–Crippen MR) is 61.0 cm³/mol. The first-order valence-electron chi connectivity index (χ1n) is 6.02. The Labute approximate surface area is 92.8 Å². The first-order chi connectivity index (χ1) is 7.27. The lowest BCUT2D eigenvalue weighted by molar-refractivity contribution is -0.124. The van der Waals surface area contributed by atoms with Crippen LogP contribution < -0.4 is 0 Å². The van der Waals surface area contributed by atoms with Crippen LogP contribution in [0.3, 0.4) is 0 Å². The molecule has 0 N–H and O–H groups in total. The predicted octanol–water partition coefficient (Wildman–Crippen LogP) is 1.86. The molecule has 0 bridgehead atoms. The number of Topliss-reactive ketones (excluding diaryl/α,β-unsaturated/α-hetero) is 1. The Morgan fingerprint density at radius 3 is 2.53 bits per heavy atom. The SMILES string of the molecule is CCN(CC(=O)COC)C1CCCCC1. The summed E-state index contributed by atoms with van der Waals surface area (Å²) in [6, 6.07) is 0.629. The minimum Gasteiger partial charge on any atom is -0.377 e. The summed E-state index contributed by atoms with van der Waals surface area (Å²) in [5, 5.41) is 0. The van der Waals surface area contributed by atoms with Gasteiger partial charge in [0.15, 0.2) is 5.78 Å². The molecule has 15 heavy (non-hydrogen) atoms. The fourth-order valence-corrected chi connectivity index (χ4v) is 2.38. The Balaban J connectivity index is 2.36. The van der Waals surface area contributed by atoms with Crippen LogP contribution in [0.4, 0.5) is 0 Å².